The van der Waals surface area contributed by atoms with Crippen molar-refractivity contribution >= 4 is 16.0 Å². The van der Waals surface area contributed by atoms with Crippen molar-refractivity contribution in [2.24, 2.45) is 16.8 Å². The summed E-state index contributed by atoms with van der Waals surface area (Å²) in [5.74, 6) is 2.54. The molecule has 2 unspecified atom stereocenters. The second-order valence-electron chi connectivity index (χ2n) is 8.68. The first-order valence-corrected chi connectivity index (χ1v) is 12.6. The van der Waals surface area contributed by atoms with Gasteiger partial charge < -0.3 is 10.2 Å². The monoisotopic (exact) mass is 420 g/mol. The first kappa shape index (κ1) is 22.1. The van der Waals surface area contributed by atoms with E-state index >= 15 is 0 Å². The largest absolute Gasteiger partial charge is 0.357 e. The van der Waals surface area contributed by atoms with Gasteiger partial charge in [-0.2, -0.15) is 0 Å². The Hall–Kier alpha value is -1.60. The number of nitrogens with one attached hydrogen (secondary N) is 2. The molecule has 3 rings (SSSR count). The molecule has 2 N–H and O–H groups in total. The summed E-state index contributed by atoms with van der Waals surface area (Å²) in [6, 6.07) is 7.61. The molecule has 2 atom stereocenters. The van der Waals surface area contributed by atoms with E-state index in [0.29, 0.717) is 6.54 Å². The minimum absolute atomic E-state index is 0.0126. The van der Waals surface area contributed by atoms with Crippen LogP contribution in [-0.4, -0.2) is 45.0 Å². The number of nitrogens with zero attached hydrogens (tertiary/aromatic N) is 2. The molecular formula is C22H36N4O2S. The Morgan fingerprint density at radius 3 is 2.34 bits per heavy atom. The highest BCUT2D eigenvalue weighted by Gasteiger charge is 2.35. The summed E-state index contributed by atoms with van der Waals surface area (Å²) in [5, 5.41) is 3.44. The van der Waals surface area contributed by atoms with Crippen LogP contribution in [-0.2, 0) is 22.3 Å². The fraction of sp³-hybridized carbons (Fsp3) is 0.682. The number of hydrogen-bond donors (Lipinski definition) is 2. The molecule has 1 aromatic carbocycles. The number of benzene rings is 1. The molecule has 6 nitrogen and oxygen atoms in total. The number of aliphatic imine (C=N–C) groups is 1. The molecule has 1 heterocycles. The van der Waals surface area contributed by atoms with Crippen molar-refractivity contribution in [1.82, 2.24) is 14.9 Å². The van der Waals surface area contributed by atoms with Crippen LogP contribution in [0.3, 0.4) is 0 Å². The summed E-state index contributed by atoms with van der Waals surface area (Å²) >= 11 is 0. The summed E-state index contributed by atoms with van der Waals surface area (Å²) in [6.45, 7) is 9.27. The van der Waals surface area contributed by atoms with Gasteiger partial charge in [-0.15, -0.1) is 0 Å². The lowest BCUT2D eigenvalue weighted by atomic mass is 9.82. The molecule has 1 aliphatic carbocycles. The molecule has 1 aliphatic heterocycles. The van der Waals surface area contributed by atoms with Gasteiger partial charge in [0.2, 0.25) is 10.0 Å². The highest BCUT2D eigenvalue weighted by molar-refractivity contribution is 7.88. The molecule has 29 heavy (non-hydrogen) atoms. The van der Waals surface area contributed by atoms with Crippen LogP contribution < -0.4 is 10.0 Å². The maximum atomic E-state index is 12.4. The third-order valence-corrected chi connectivity index (χ3v) is 7.41. The second kappa shape index (κ2) is 9.94. The van der Waals surface area contributed by atoms with Crippen LogP contribution in [0.4, 0.5) is 0 Å². The highest BCUT2D eigenvalue weighted by atomic mass is 32.2. The van der Waals surface area contributed by atoms with Gasteiger partial charge in [-0.05, 0) is 56.6 Å². The summed E-state index contributed by atoms with van der Waals surface area (Å²) < 4.78 is 27.4. The lowest BCUT2D eigenvalue weighted by molar-refractivity contribution is 0.299. The van der Waals surface area contributed by atoms with Gasteiger partial charge in [0.05, 0.1) is 12.3 Å². The molecule has 2 fully saturated rings. The third-order valence-electron chi connectivity index (χ3n) is 5.89. The fourth-order valence-electron chi connectivity index (χ4n) is 4.62. The molecule has 0 radical (unpaired) electrons. The Kier molecular flexibility index (Phi) is 7.57. The lowest BCUT2D eigenvalue weighted by Crippen LogP contribution is -2.40. The molecule has 7 heteroatoms. The molecule has 0 aromatic heterocycles. The van der Waals surface area contributed by atoms with Crippen LogP contribution in [0.15, 0.2) is 29.3 Å². The molecule has 1 saturated carbocycles. The van der Waals surface area contributed by atoms with Crippen molar-refractivity contribution in [1.29, 1.82) is 0 Å². The SMILES string of the molecule is CCNC(=NCc1ccccc1CS(=O)(=O)NC(C)C)N1CC2CCCCC2C1. The van der Waals surface area contributed by atoms with Gasteiger partial charge in [-0.1, -0.05) is 37.1 Å². The smallest absolute Gasteiger partial charge is 0.216 e. The number of fused-ring (bicyclic) bond motifs is 1. The summed E-state index contributed by atoms with van der Waals surface area (Å²) in [4.78, 5) is 7.30. The van der Waals surface area contributed by atoms with Crippen LogP contribution in [0.1, 0.15) is 57.6 Å². The summed E-state index contributed by atoms with van der Waals surface area (Å²) in [6.07, 6.45) is 5.39. The highest BCUT2D eigenvalue weighted by Crippen LogP contribution is 2.36. The van der Waals surface area contributed by atoms with Gasteiger partial charge in [0.1, 0.15) is 0 Å². The van der Waals surface area contributed by atoms with E-state index in [1.807, 2.05) is 38.1 Å². The van der Waals surface area contributed by atoms with E-state index in [1.165, 1.54) is 25.7 Å². The molecule has 0 amide bonds. The Balaban J connectivity index is 1.73. The molecule has 0 spiro atoms. The number of rotatable bonds is 7. The zero-order valence-electron chi connectivity index (χ0n) is 18.0. The fourth-order valence-corrected chi connectivity index (χ4v) is 6.12. The standard InChI is InChI=1S/C22H36N4O2S/c1-4-23-22(26-14-19-10-6-7-11-20(19)15-26)24-13-18-9-5-8-12-21(18)16-29(27,28)25-17(2)3/h5,8-9,12,17,19-20,25H,4,6-7,10-11,13-16H2,1-3H3,(H,23,24). The second-order valence-corrected chi connectivity index (χ2v) is 10.4. The molecular weight excluding hydrogens is 384 g/mol. The predicted octanol–water partition coefficient (Wildman–Crippen LogP) is 3.10. The van der Waals surface area contributed by atoms with Crippen molar-refractivity contribution in [3.63, 3.8) is 0 Å². The van der Waals surface area contributed by atoms with Gasteiger partial charge in [0.25, 0.3) is 0 Å². The van der Waals surface area contributed by atoms with Crippen molar-refractivity contribution in [2.75, 3.05) is 19.6 Å². The van der Waals surface area contributed by atoms with E-state index in [9.17, 15) is 8.42 Å². The average molecular weight is 421 g/mol. The van der Waals surface area contributed by atoms with Crippen LogP contribution in [0.2, 0.25) is 0 Å². The first-order chi connectivity index (χ1) is 13.9. The average Bonchev–Trinajstić information content (AvgIpc) is 3.09. The van der Waals surface area contributed by atoms with Crippen molar-refractivity contribution in [3.8, 4) is 0 Å². The predicted molar refractivity (Wildman–Crippen MR) is 119 cm³/mol. The quantitative estimate of drug-likeness (QED) is 0.525. The van der Waals surface area contributed by atoms with Crippen LogP contribution in [0.25, 0.3) is 0 Å². The molecule has 1 aromatic rings. The number of sulfonamides is 1. The normalized spacial score (nSPS) is 22.8. The number of likely N-dealkylation sites (tertiary alicyclic amines) is 1. The minimum atomic E-state index is -3.36. The Morgan fingerprint density at radius 1 is 1.14 bits per heavy atom. The van der Waals surface area contributed by atoms with Gasteiger partial charge >= 0.3 is 0 Å². The van der Waals surface area contributed by atoms with Crippen LogP contribution in [0.5, 0.6) is 0 Å². The third kappa shape index (κ3) is 6.19. The zero-order valence-corrected chi connectivity index (χ0v) is 18.8. The maximum absolute atomic E-state index is 12.4. The number of guanidine groups is 1. The van der Waals surface area contributed by atoms with Crippen LogP contribution >= 0.6 is 0 Å². The van der Waals surface area contributed by atoms with Crippen molar-refractivity contribution < 1.29 is 8.42 Å². The minimum Gasteiger partial charge on any atom is -0.357 e. The zero-order chi connectivity index (χ0) is 20.9. The van der Waals surface area contributed by atoms with E-state index < -0.39 is 10.0 Å². The molecule has 0 bridgehead atoms. The van der Waals surface area contributed by atoms with Crippen molar-refractivity contribution in [3.05, 3.63) is 35.4 Å². The van der Waals surface area contributed by atoms with Gasteiger partial charge in [0, 0.05) is 25.7 Å². The van der Waals surface area contributed by atoms with E-state index in [4.69, 9.17) is 4.99 Å². The lowest BCUT2D eigenvalue weighted by Gasteiger charge is -2.22. The van der Waals surface area contributed by atoms with E-state index in [-0.39, 0.29) is 11.8 Å². The molecule has 162 valence electrons. The van der Waals surface area contributed by atoms with Gasteiger partial charge in [-0.3, -0.25) is 0 Å². The first-order valence-electron chi connectivity index (χ1n) is 11.0. The summed E-state index contributed by atoms with van der Waals surface area (Å²) in [5.41, 5.74) is 1.78. The van der Waals surface area contributed by atoms with Gasteiger partial charge in [-0.25, -0.2) is 18.1 Å². The maximum Gasteiger partial charge on any atom is 0.216 e. The van der Waals surface area contributed by atoms with Gasteiger partial charge in [0.15, 0.2) is 5.96 Å². The summed E-state index contributed by atoms with van der Waals surface area (Å²) in [7, 11) is -3.36. The molecule has 2 aliphatic rings. The topological polar surface area (TPSA) is 73.8 Å². The van der Waals surface area contributed by atoms with Crippen LogP contribution in [0, 0.1) is 11.8 Å². The number of hydrogen-bond acceptors (Lipinski definition) is 3. The van der Waals surface area contributed by atoms with Crippen molar-refractivity contribution in [2.45, 2.75) is 64.8 Å². The Morgan fingerprint density at radius 2 is 1.76 bits per heavy atom. The van der Waals surface area contributed by atoms with E-state index in [0.717, 1.165) is 48.6 Å². The Labute approximate surface area is 176 Å². The van der Waals surface area contributed by atoms with E-state index in [1.54, 1.807) is 0 Å². The Bertz CT molecular complexity index is 793. The molecule has 1 saturated heterocycles. The van der Waals surface area contributed by atoms with E-state index in [2.05, 4.69) is 21.9 Å².